The number of rotatable bonds is 3. The predicted molar refractivity (Wildman–Crippen MR) is 69.6 cm³/mol. The van der Waals surface area contributed by atoms with E-state index in [0.29, 0.717) is 0 Å². The molecule has 3 nitrogen and oxygen atoms in total. The molecular formula is C13H19N3. The van der Waals surface area contributed by atoms with Gasteiger partial charge in [0.15, 0.2) is 0 Å². The number of nitrogens with zero attached hydrogens (tertiary/aromatic N) is 1. The van der Waals surface area contributed by atoms with E-state index in [1.807, 2.05) is 19.3 Å². The van der Waals surface area contributed by atoms with Crippen molar-refractivity contribution in [2.24, 2.45) is 0 Å². The zero-order chi connectivity index (χ0) is 11.5. The highest BCUT2D eigenvalue weighted by Crippen LogP contribution is 2.30. The maximum absolute atomic E-state index is 5.83. The summed E-state index contributed by atoms with van der Waals surface area (Å²) in [5.74, 6) is 0. The molecule has 0 fully saturated rings. The van der Waals surface area contributed by atoms with Crippen molar-refractivity contribution in [2.45, 2.75) is 13.3 Å². The third kappa shape index (κ3) is 2.13. The lowest BCUT2D eigenvalue weighted by atomic mass is 10.1. The summed E-state index contributed by atoms with van der Waals surface area (Å²) in [6.07, 6.45) is 3.17. The minimum absolute atomic E-state index is 0.848. The number of anilines is 2. The van der Waals surface area contributed by atoms with E-state index < -0.39 is 0 Å². The molecule has 1 aromatic carbocycles. The second-order valence-corrected chi connectivity index (χ2v) is 4.34. The van der Waals surface area contributed by atoms with Crippen molar-refractivity contribution in [3.63, 3.8) is 0 Å². The van der Waals surface area contributed by atoms with Crippen LogP contribution in [0.25, 0.3) is 0 Å². The van der Waals surface area contributed by atoms with E-state index in [4.69, 9.17) is 5.73 Å². The molecule has 1 heterocycles. The quantitative estimate of drug-likeness (QED) is 0.758. The van der Waals surface area contributed by atoms with E-state index in [9.17, 15) is 0 Å². The molecule has 0 atom stereocenters. The Hall–Kier alpha value is -1.64. The summed E-state index contributed by atoms with van der Waals surface area (Å²) >= 11 is 0. The molecule has 0 amide bonds. The molecule has 1 aromatic rings. The van der Waals surface area contributed by atoms with Crippen LogP contribution in [0.2, 0.25) is 0 Å². The smallest absolute Gasteiger partial charge is 0.0423 e. The Labute approximate surface area is 96.9 Å². The number of fused-ring (bicyclic) bond motifs is 1. The molecule has 0 aromatic heterocycles. The number of benzene rings is 1. The molecule has 3 heteroatoms. The fourth-order valence-corrected chi connectivity index (χ4v) is 2.22. The van der Waals surface area contributed by atoms with E-state index in [1.165, 1.54) is 16.8 Å². The summed E-state index contributed by atoms with van der Waals surface area (Å²) in [5, 5.41) is 3.06. The minimum atomic E-state index is 0.848. The van der Waals surface area contributed by atoms with Crippen molar-refractivity contribution < 1.29 is 0 Å². The van der Waals surface area contributed by atoms with E-state index >= 15 is 0 Å². The van der Waals surface area contributed by atoms with Crippen LogP contribution in [0.3, 0.4) is 0 Å². The van der Waals surface area contributed by atoms with Gasteiger partial charge in [0.05, 0.1) is 0 Å². The molecule has 0 radical (unpaired) electrons. The summed E-state index contributed by atoms with van der Waals surface area (Å²) in [7, 11) is 1.93. The summed E-state index contributed by atoms with van der Waals surface area (Å²) in [4.78, 5) is 2.38. The molecule has 0 saturated carbocycles. The normalized spacial score (nSPS) is 15.1. The highest BCUT2D eigenvalue weighted by atomic mass is 15.1. The van der Waals surface area contributed by atoms with Crippen molar-refractivity contribution in [1.82, 2.24) is 5.32 Å². The topological polar surface area (TPSA) is 41.3 Å². The molecule has 1 aliphatic rings. The van der Waals surface area contributed by atoms with Gasteiger partial charge in [0.1, 0.15) is 0 Å². The number of nitrogen functional groups attached to an aromatic ring is 1. The molecular weight excluding hydrogens is 198 g/mol. The van der Waals surface area contributed by atoms with E-state index in [1.54, 1.807) is 0 Å². The van der Waals surface area contributed by atoms with Crippen molar-refractivity contribution in [3.8, 4) is 0 Å². The number of hydrogen-bond donors (Lipinski definition) is 2. The van der Waals surface area contributed by atoms with Gasteiger partial charge in [-0.25, -0.2) is 0 Å². The van der Waals surface area contributed by atoms with Gasteiger partial charge >= 0.3 is 0 Å². The van der Waals surface area contributed by atoms with Crippen LogP contribution in [0.15, 0.2) is 30.0 Å². The van der Waals surface area contributed by atoms with E-state index in [0.717, 1.165) is 25.2 Å². The molecule has 86 valence electrons. The van der Waals surface area contributed by atoms with Gasteiger partial charge in [0, 0.05) is 31.5 Å². The number of nitrogens with one attached hydrogen (secondary N) is 1. The van der Waals surface area contributed by atoms with Gasteiger partial charge in [0.25, 0.3) is 0 Å². The van der Waals surface area contributed by atoms with Crippen LogP contribution >= 0.6 is 0 Å². The van der Waals surface area contributed by atoms with Crippen molar-refractivity contribution in [1.29, 1.82) is 0 Å². The van der Waals surface area contributed by atoms with Gasteiger partial charge in [-0.15, -0.1) is 0 Å². The average molecular weight is 217 g/mol. The molecule has 0 spiro atoms. The number of hydrogen-bond acceptors (Lipinski definition) is 3. The molecule has 3 N–H and O–H groups in total. The third-order valence-electron chi connectivity index (χ3n) is 2.93. The molecule has 16 heavy (non-hydrogen) atoms. The zero-order valence-corrected chi connectivity index (χ0v) is 9.96. The monoisotopic (exact) mass is 217 g/mol. The second-order valence-electron chi connectivity index (χ2n) is 4.34. The standard InChI is InChI=1S/C13H19N3/c1-10(8-15-2)9-16-6-5-11-3-4-12(14)7-13(11)16/h3-4,7-8,15H,5-6,9,14H2,1-2H3/b10-8+. The molecule has 0 bridgehead atoms. The van der Waals surface area contributed by atoms with Crippen LogP contribution in [0.4, 0.5) is 11.4 Å². The maximum Gasteiger partial charge on any atom is 0.0423 e. The lowest BCUT2D eigenvalue weighted by molar-refractivity contribution is 0.870. The first-order chi connectivity index (χ1) is 7.70. The second kappa shape index (κ2) is 4.47. The van der Waals surface area contributed by atoms with E-state index in [2.05, 4.69) is 29.3 Å². The predicted octanol–water partition coefficient (Wildman–Crippen LogP) is 1.75. The van der Waals surface area contributed by atoms with Crippen LogP contribution in [-0.4, -0.2) is 20.1 Å². The average Bonchev–Trinajstić information content (AvgIpc) is 2.61. The van der Waals surface area contributed by atoms with Crippen LogP contribution in [-0.2, 0) is 6.42 Å². The maximum atomic E-state index is 5.83. The lowest BCUT2D eigenvalue weighted by Crippen LogP contribution is -2.23. The Morgan fingerprint density at radius 3 is 3.12 bits per heavy atom. The Morgan fingerprint density at radius 2 is 2.38 bits per heavy atom. The fourth-order valence-electron chi connectivity index (χ4n) is 2.22. The first-order valence-corrected chi connectivity index (χ1v) is 5.67. The SMILES string of the molecule is CN/C=C(\C)CN1CCc2ccc(N)cc21. The van der Waals surface area contributed by atoms with Crippen LogP contribution < -0.4 is 16.0 Å². The molecule has 1 aliphatic heterocycles. The van der Waals surface area contributed by atoms with Crippen molar-refractivity contribution >= 4 is 11.4 Å². The Morgan fingerprint density at radius 1 is 1.56 bits per heavy atom. The Bertz CT molecular complexity index is 410. The molecule has 2 rings (SSSR count). The minimum Gasteiger partial charge on any atom is -0.399 e. The van der Waals surface area contributed by atoms with Gasteiger partial charge in [-0.3, -0.25) is 0 Å². The first kappa shape index (κ1) is 10.9. The van der Waals surface area contributed by atoms with Crippen LogP contribution in [0, 0.1) is 0 Å². The molecule has 0 unspecified atom stereocenters. The summed E-state index contributed by atoms with van der Waals surface area (Å²) in [6.45, 7) is 4.20. The summed E-state index contributed by atoms with van der Waals surface area (Å²) in [5.41, 5.74) is 10.7. The largest absolute Gasteiger partial charge is 0.399 e. The summed E-state index contributed by atoms with van der Waals surface area (Å²) < 4.78 is 0. The Kier molecular flexibility index (Phi) is 3.04. The van der Waals surface area contributed by atoms with Gasteiger partial charge < -0.3 is 16.0 Å². The number of nitrogens with two attached hydrogens (primary N) is 1. The third-order valence-corrected chi connectivity index (χ3v) is 2.93. The van der Waals surface area contributed by atoms with Gasteiger partial charge in [0.2, 0.25) is 0 Å². The highest BCUT2D eigenvalue weighted by Gasteiger charge is 2.18. The zero-order valence-electron chi connectivity index (χ0n) is 9.96. The van der Waals surface area contributed by atoms with Crippen molar-refractivity contribution in [2.75, 3.05) is 30.8 Å². The van der Waals surface area contributed by atoms with Crippen LogP contribution in [0.5, 0.6) is 0 Å². The van der Waals surface area contributed by atoms with Crippen molar-refractivity contribution in [3.05, 3.63) is 35.5 Å². The van der Waals surface area contributed by atoms with E-state index in [-0.39, 0.29) is 0 Å². The lowest BCUT2D eigenvalue weighted by Gasteiger charge is -2.20. The fraction of sp³-hybridized carbons (Fsp3) is 0.385. The highest BCUT2D eigenvalue weighted by molar-refractivity contribution is 5.64. The molecule has 0 aliphatic carbocycles. The van der Waals surface area contributed by atoms with Gasteiger partial charge in [-0.2, -0.15) is 0 Å². The first-order valence-electron chi connectivity index (χ1n) is 5.67. The van der Waals surface area contributed by atoms with Gasteiger partial charge in [-0.1, -0.05) is 6.07 Å². The Balaban J connectivity index is 2.17. The molecule has 0 saturated heterocycles. The van der Waals surface area contributed by atoms with Gasteiger partial charge in [-0.05, 0) is 42.8 Å². The van der Waals surface area contributed by atoms with Crippen LogP contribution in [0.1, 0.15) is 12.5 Å². The summed E-state index contributed by atoms with van der Waals surface area (Å²) in [6, 6.07) is 6.20.